The quantitative estimate of drug-likeness (QED) is 0.0798. The van der Waals surface area contributed by atoms with Crippen molar-refractivity contribution in [1.29, 1.82) is 0 Å². The molecule has 264 valence electrons. The van der Waals surface area contributed by atoms with Crippen molar-refractivity contribution in [2.45, 2.75) is 23.6 Å². The number of carbonyl (C=O) groups is 2. The minimum Gasteiger partial charge on any atom is -0.744 e. The smallest absolute Gasteiger partial charge is 0.744 e. The summed E-state index contributed by atoms with van der Waals surface area (Å²) in [7, 11) is -10.4. The van der Waals surface area contributed by atoms with Crippen LogP contribution in [0, 0.1) is 0 Å². The van der Waals surface area contributed by atoms with Crippen molar-refractivity contribution in [3.05, 3.63) is 97.1 Å². The maximum absolute atomic E-state index is 12.9. The van der Waals surface area contributed by atoms with E-state index in [9.17, 15) is 35.5 Å². The molecule has 2 amide bonds. The van der Waals surface area contributed by atoms with Gasteiger partial charge in [-0.05, 0) is 74.5 Å². The Hall–Kier alpha value is -4.48. The molecule has 54 heavy (non-hydrogen) atoms. The summed E-state index contributed by atoms with van der Waals surface area (Å²) >= 11 is 0. The second-order valence-corrected chi connectivity index (χ2v) is 13.6. The summed E-state index contributed by atoms with van der Waals surface area (Å²) < 4.78 is 73.1. The number of azo groups is 1. The molecule has 0 atom stereocenters. The van der Waals surface area contributed by atoms with E-state index < -0.39 is 53.2 Å². The number of nitrogens with one attached hydrogen (secondary N) is 2. The second-order valence-electron chi connectivity index (χ2n) is 10.9. The fraction of sp³-hybridized carbons (Fsp3) is 0.0625. The molecule has 0 fully saturated rings. The van der Waals surface area contributed by atoms with Crippen LogP contribution in [0.1, 0.15) is 13.8 Å². The molecule has 0 bridgehead atoms. The van der Waals surface area contributed by atoms with Gasteiger partial charge in [-0.1, -0.05) is 36.4 Å². The molecular formula is C32H24N10Na2O8S2. The number of anilines is 4. The zero-order chi connectivity index (χ0) is 37.2. The third-order valence-corrected chi connectivity index (χ3v) is 9.03. The van der Waals surface area contributed by atoms with E-state index in [0.717, 1.165) is 34.3 Å². The second kappa shape index (κ2) is 17.3. The van der Waals surface area contributed by atoms with E-state index in [4.69, 9.17) is 0 Å². The number of hydrogen-bond donors (Lipinski definition) is 2. The number of hydrazone groups is 4. The summed E-state index contributed by atoms with van der Waals surface area (Å²) in [5, 5.41) is 26.2. The van der Waals surface area contributed by atoms with Gasteiger partial charge in [-0.3, -0.25) is 20.4 Å². The number of rotatable bonds is 10. The van der Waals surface area contributed by atoms with E-state index in [0.29, 0.717) is 11.4 Å². The van der Waals surface area contributed by atoms with Crippen molar-refractivity contribution in [2.24, 2.45) is 30.6 Å². The molecule has 0 spiro atoms. The van der Waals surface area contributed by atoms with Gasteiger partial charge in [-0.25, -0.2) is 16.8 Å². The summed E-state index contributed by atoms with van der Waals surface area (Å²) in [6, 6.07) is 23.7. The zero-order valence-corrected chi connectivity index (χ0v) is 34.5. The molecule has 2 aliphatic rings. The topological polar surface area (TPSA) is 253 Å². The first-order chi connectivity index (χ1) is 24.7. The van der Waals surface area contributed by atoms with Crippen LogP contribution in [0.25, 0.3) is 0 Å². The van der Waals surface area contributed by atoms with Crippen LogP contribution in [-0.4, -0.2) is 60.6 Å². The summed E-state index contributed by atoms with van der Waals surface area (Å²) in [6.07, 6.45) is 0. The standard InChI is InChI=1S/C32H26N10O8S2.2Na/c1-19-29(31(43)41(39-19)23-9-5-3-6-10-23)37-33-21-13-15-25(27(17-21)51(45,46)47)35-36-26-16-14-22(18-28(26)52(48,49)50)34-38-30-20(2)40-42(32(30)44)24-11-7-4-8-12-24;;/h3-18,33-34H,1-2H3,(H,45,46,47)(H,48,49,50);;/q;2*+1/p-2/b36-35?,37-29-,38-30-;;. The molecule has 0 radical (unpaired) electrons. The van der Waals surface area contributed by atoms with E-state index >= 15 is 0 Å². The molecule has 4 aromatic rings. The van der Waals surface area contributed by atoms with Crippen LogP contribution in [0.2, 0.25) is 0 Å². The Bertz CT molecular complexity index is 2330. The molecule has 0 aromatic heterocycles. The number of carbonyl (C=O) groups excluding carboxylic acids is 2. The predicted molar refractivity (Wildman–Crippen MR) is 189 cm³/mol. The largest absolute Gasteiger partial charge is 1.00 e. The van der Waals surface area contributed by atoms with Gasteiger partial charge in [0, 0.05) is 0 Å². The Labute approximate surface area is 352 Å². The van der Waals surface area contributed by atoms with Crippen molar-refractivity contribution in [2.75, 3.05) is 20.9 Å². The average Bonchev–Trinajstić information content (AvgIpc) is 3.57. The predicted octanol–water partition coefficient (Wildman–Crippen LogP) is -1.70. The molecule has 4 aromatic carbocycles. The van der Waals surface area contributed by atoms with Gasteiger partial charge in [0.15, 0.2) is 11.4 Å². The van der Waals surface area contributed by atoms with Gasteiger partial charge in [0.25, 0.3) is 0 Å². The maximum atomic E-state index is 12.9. The van der Waals surface area contributed by atoms with Crippen LogP contribution < -0.4 is 80.0 Å². The molecule has 0 unspecified atom stereocenters. The Morgan fingerprint density at radius 3 is 1.26 bits per heavy atom. The molecule has 2 heterocycles. The SMILES string of the molecule is CC1=NN(c2ccccc2)C(=O)/C1=N\Nc1ccc(N=Nc2ccc(N/N=C3\C(=O)N(c4ccccc4)N=C3C)cc2S(=O)(=O)[O-])c(S(=O)(=O)[O-])c1.[Na+].[Na+]. The monoisotopic (exact) mass is 786 g/mol. The van der Waals surface area contributed by atoms with E-state index in [-0.39, 0.29) is 93.3 Å². The van der Waals surface area contributed by atoms with Crippen LogP contribution in [0.5, 0.6) is 0 Å². The van der Waals surface area contributed by atoms with Gasteiger partial charge in [-0.15, -0.1) is 10.2 Å². The molecule has 2 N–H and O–H groups in total. The average molecular weight is 787 g/mol. The first-order valence-electron chi connectivity index (χ1n) is 14.9. The molecule has 0 saturated heterocycles. The summed E-state index contributed by atoms with van der Waals surface area (Å²) in [4.78, 5) is 24.1. The molecular weight excluding hydrogens is 763 g/mol. The summed E-state index contributed by atoms with van der Waals surface area (Å²) in [5.74, 6) is -1.11. The number of amides is 2. The van der Waals surface area contributed by atoms with Crippen molar-refractivity contribution >= 4 is 89.0 Å². The van der Waals surface area contributed by atoms with Crippen molar-refractivity contribution < 1.29 is 94.6 Å². The van der Waals surface area contributed by atoms with Crippen LogP contribution >= 0.6 is 0 Å². The van der Waals surface area contributed by atoms with Crippen LogP contribution in [0.3, 0.4) is 0 Å². The van der Waals surface area contributed by atoms with Crippen LogP contribution in [0.4, 0.5) is 34.1 Å². The van der Waals surface area contributed by atoms with Gasteiger partial charge < -0.3 is 9.11 Å². The first-order valence-corrected chi connectivity index (χ1v) is 17.7. The minimum atomic E-state index is -5.19. The zero-order valence-electron chi connectivity index (χ0n) is 28.9. The number of hydrogen-bond acceptors (Lipinski definition) is 16. The van der Waals surface area contributed by atoms with Gasteiger partial charge >= 0.3 is 70.9 Å². The van der Waals surface area contributed by atoms with E-state index in [1.807, 2.05) is 0 Å². The maximum Gasteiger partial charge on any atom is 1.00 e. The molecule has 22 heteroatoms. The van der Waals surface area contributed by atoms with Gasteiger partial charge in [0.05, 0.1) is 44.0 Å². The molecule has 2 aliphatic heterocycles. The van der Waals surface area contributed by atoms with Gasteiger partial charge in [0.1, 0.15) is 31.6 Å². The van der Waals surface area contributed by atoms with Crippen LogP contribution in [-0.2, 0) is 29.8 Å². The van der Waals surface area contributed by atoms with Crippen molar-refractivity contribution in [1.82, 2.24) is 0 Å². The fourth-order valence-corrected chi connectivity index (χ4v) is 6.10. The van der Waals surface area contributed by atoms with Crippen LogP contribution in [0.15, 0.2) is 137 Å². The molecule has 0 saturated carbocycles. The fourth-order valence-electron chi connectivity index (χ4n) is 4.82. The van der Waals surface area contributed by atoms with Crippen molar-refractivity contribution in [3.63, 3.8) is 0 Å². The van der Waals surface area contributed by atoms with Gasteiger partial charge in [-0.2, -0.15) is 30.4 Å². The summed E-state index contributed by atoms with van der Waals surface area (Å²) in [6.45, 7) is 3.10. The van der Waals surface area contributed by atoms with E-state index in [1.54, 1.807) is 74.5 Å². The number of nitrogens with zero attached hydrogens (tertiary/aromatic N) is 8. The number of benzene rings is 4. The Kier molecular flexibility index (Phi) is 13.6. The van der Waals surface area contributed by atoms with Crippen molar-refractivity contribution in [3.8, 4) is 0 Å². The third-order valence-electron chi connectivity index (χ3n) is 7.29. The normalized spacial score (nSPS) is 16.0. The molecule has 18 nitrogen and oxygen atoms in total. The summed E-state index contributed by atoms with van der Waals surface area (Å²) in [5.41, 5.74) is 5.45. The molecule has 6 rings (SSSR count). The first kappa shape index (κ1) is 42.3. The van der Waals surface area contributed by atoms with Gasteiger partial charge in [0.2, 0.25) is 0 Å². The Morgan fingerprint density at radius 2 is 0.926 bits per heavy atom. The Morgan fingerprint density at radius 1 is 0.574 bits per heavy atom. The molecule has 0 aliphatic carbocycles. The van der Waals surface area contributed by atoms with E-state index in [1.165, 1.54) is 12.1 Å². The number of para-hydroxylation sites is 2. The Balaban J connectivity index is 0.00000325. The minimum absolute atomic E-state index is 0. The third kappa shape index (κ3) is 9.41. The van der Waals surface area contributed by atoms with E-state index in [2.05, 4.69) is 41.5 Å².